The van der Waals surface area contributed by atoms with Gasteiger partial charge in [0.2, 0.25) is 0 Å². The fraction of sp³-hybridized carbons (Fsp3) is 0.154. The van der Waals surface area contributed by atoms with E-state index in [9.17, 15) is 17.6 Å². The highest BCUT2D eigenvalue weighted by atomic mass is 19.4. The number of methoxy groups -OCH3 is 1. The number of hydrogen-bond donors (Lipinski definition) is 0. The molecule has 1 aromatic carbocycles. The SMILES string of the molecule is COc1cnc(-c2ccccc2OC(F)(F)F)c(F)c1. The molecule has 0 radical (unpaired) electrons. The number of alkyl halides is 3. The topological polar surface area (TPSA) is 31.4 Å². The van der Waals surface area contributed by atoms with Crippen molar-refractivity contribution in [2.45, 2.75) is 6.36 Å². The summed E-state index contributed by atoms with van der Waals surface area (Å²) in [6, 6.07) is 6.23. The van der Waals surface area contributed by atoms with Crippen LogP contribution in [0.5, 0.6) is 11.5 Å². The summed E-state index contributed by atoms with van der Waals surface area (Å²) in [7, 11) is 1.33. The second kappa shape index (κ2) is 5.36. The molecule has 0 N–H and O–H groups in total. The molecule has 0 spiro atoms. The van der Waals surface area contributed by atoms with Crippen molar-refractivity contribution in [1.82, 2.24) is 4.98 Å². The van der Waals surface area contributed by atoms with Gasteiger partial charge in [0.25, 0.3) is 0 Å². The first-order valence-electron chi connectivity index (χ1n) is 5.45. The molecule has 2 aromatic rings. The van der Waals surface area contributed by atoms with Gasteiger partial charge >= 0.3 is 6.36 Å². The Bertz CT molecular complexity index is 614. The predicted molar refractivity (Wildman–Crippen MR) is 62.9 cm³/mol. The molecule has 0 amide bonds. The Balaban J connectivity index is 2.47. The molecule has 7 heteroatoms. The molecule has 0 aliphatic carbocycles. The Kier molecular flexibility index (Phi) is 3.78. The van der Waals surface area contributed by atoms with Crippen LogP contribution in [0.4, 0.5) is 17.6 Å². The number of ether oxygens (including phenoxy) is 2. The van der Waals surface area contributed by atoms with Crippen LogP contribution in [-0.2, 0) is 0 Å². The summed E-state index contributed by atoms with van der Waals surface area (Å²) in [5, 5.41) is 0. The van der Waals surface area contributed by atoms with E-state index in [4.69, 9.17) is 4.74 Å². The van der Waals surface area contributed by atoms with Crippen LogP contribution in [0.25, 0.3) is 11.3 Å². The molecule has 0 aliphatic heterocycles. The molecule has 1 aromatic heterocycles. The maximum absolute atomic E-state index is 13.9. The first-order chi connectivity index (χ1) is 9.40. The van der Waals surface area contributed by atoms with E-state index < -0.39 is 17.9 Å². The van der Waals surface area contributed by atoms with E-state index in [2.05, 4.69) is 9.72 Å². The number of rotatable bonds is 3. The van der Waals surface area contributed by atoms with Crippen molar-refractivity contribution >= 4 is 0 Å². The van der Waals surface area contributed by atoms with E-state index in [1.165, 1.54) is 31.5 Å². The first-order valence-corrected chi connectivity index (χ1v) is 5.45. The summed E-state index contributed by atoms with van der Waals surface area (Å²) in [5.41, 5.74) is -0.337. The van der Waals surface area contributed by atoms with Crippen molar-refractivity contribution in [2.24, 2.45) is 0 Å². The third-order valence-corrected chi connectivity index (χ3v) is 2.42. The third kappa shape index (κ3) is 3.17. The monoisotopic (exact) mass is 287 g/mol. The molecule has 0 saturated carbocycles. The lowest BCUT2D eigenvalue weighted by Crippen LogP contribution is -2.17. The zero-order valence-electron chi connectivity index (χ0n) is 10.2. The van der Waals surface area contributed by atoms with Gasteiger partial charge in [0.15, 0.2) is 5.82 Å². The van der Waals surface area contributed by atoms with Crippen LogP contribution in [0.3, 0.4) is 0 Å². The van der Waals surface area contributed by atoms with Gasteiger partial charge in [0, 0.05) is 11.6 Å². The second-order valence-corrected chi connectivity index (χ2v) is 3.75. The number of aromatic nitrogens is 1. The molecule has 20 heavy (non-hydrogen) atoms. The van der Waals surface area contributed by atoms with Crippen LogP contribution >= 0.6 is 0 Å². The van der Waals surface area contributed by atoms with Gasteiger partial charge in [0.05, 0.1) is 13.3 Å². The van der Waals surface area contributed by atoms with Crippen LogP contribution in [-0.4, -0.2) is 18.5 Å². The minimum absolute atomic E-state index is 0.0926. The molecule has 2 rings (SSSR count). The molecule has 3 nitrogen and oxygen atoms in total. The fourth-order valence-electron chi connectivity index (χ4n) is 1.61. The van der Waals surface area contributed by atoms with Gasteiger partial charge in [-0.1, -0.05) is 12.1 Å². The molecule has 0 unspecified atom stereocenters. The molecular formula is C13H9F4NO2. The molecule has 0 saturated heterocycles. The molecule has 0 atom stereocenters. The highest BCUT2D eigenvalue weighted by Crippen LogP contribution is 2.34. The van der Waals surface area contributed by atoms with Gasteiger partial charge in [0.1, 0.15) is 17.2 Å². The van der Waals surface area contributed by atoms with E-state index in [0.717, 1.165) is 12.1 Å². The third-order valence-electron chi connectivity index (χ3n) is 2.42. The molecule has 0 aliphatic rings. The smallest absolute Gasteiger partial charge is 0.495 e. The largest absolute Gasteiger partial charge is 0.573 e. The standard InChI is InChI=1S/C13H9F4NO2/c1-19-8-6-10(14)12(18-7-8)9-4-2-3-5-11(9)20-13(15,16)17/h2-7H,1H3. The van der Waals surface area contributed by atoms with Gasteiger partial charge in [-0.3, -0.25) is 0 Å². The number of hydrogen-bond acceptors (Lipinski definition) is 3. The maximum Gasteiger partial charge on any atom is 0.573 e. The fourth-order valence-corrected chi connectivity index (χ4v) is 1.61. The predicted octanol–water partition coefficient (Wildman–Crippen LogP) is 3.79. The highest BCUT2D eigenvalue weighted by molar-refractivity contribution is 5.67. The Morgan fingerprint density at radius 1 is 1.15 bits per heavy atom. The van der Waals surface area contributed by atoms with Crippen molar-refractivity contribution in [1.29, 1.82) is 0 Å². The van der Waals surface area contributed by atoms with E-state index in [1.807, 2.05) is 0 Å². The van der Waals surface area contributed by atoms with Crippen molar-refractivity contribution in [2.75, 3.05) is 7.11 Å². The number of para-hydroxylation sites is 1. The van der Waals surface area contributed by atoms with Crippen LogP contribution < -0.4 is 9.47 Å². The summed E-state index contributed by atoms with van der Waals surface area (Å²) >= 11 is 0. The van der Waals surface area contributed by atoms with Crippen LogP contribution in [0.1, 0.15) is 0 Å². The molecular weight excluding hydrogens is 278 g/mol. The lowest BCUT2D eigenvalue weighted by Gasteiger charge is -2.13. The molecule has 0 bridgehead atoms. The quantitative estimate of drug-likeness (QED) is 0.805. The Labute approximate surface area is 111 Å². The maximum atomic E-state index is 13.9. The van der Waals surface area contributed by atoms with E-state index in [-0.39, 0.29) is 17.0 Å². The second-order valence-electron chi connectivity index (χ2n) is 3.75. The zero-order chi connectivity index (χ0) is 14.8. The summed E-state index contributed by atoms with van der Waals surface area (Å²) in [6.07, 6.45) is -3.65. The van der Waals surface area contributed by atoms with Gasteiger partial charge < -0.3 is 9.47 Å². The Morgan fingerprint density at radius 3 is 2.45 bits per heavy atom. The van der Waals surface area contributed by atoms with Gasteiger partial charge in [-0.2, -0.15) is 0 Å². The average molecular weight is 287 g/mol. The Morgan fingerprint density at radius 2 is 1.85 bits per heavy atom. The van der Waals surface area contributed by atoms with E-state index in [1.54, 1.807) is 0 Å². The Hall–Kier alpha value is -2.31. The molecule has 1 heterocycles. The van der Waals surface area contributed by atoms with Gasteiger partial charge in [-0.05, 0) is 12.1 Å². The summed E-state index contributed by atoms with van der Waals surface area (Å²) < 4.78 is 59.4. The zero-order valence-corrected chi connectivity index (χ0v) is 10.2. The van der Waals surface area contributed by atoms with Crippen LogP contribution in [0, 0.1) is 5.82 Å². The minimum Gasteiger partial charge on any atom is -0.495 e. The van der Waals surface area contributed by atoms with Crippen LogP contribution in [0.15, 0.2) is 36.5 Å². The van der Waals surface area contributed by atoms with Crippen molar-refractivity contribution in [3.8, 4) is 22.8 Å². The molecule has 106 valence electrons. The lowest BCUT2D eigenvalue weighted by molar-refractivity contribution is -0.274. The summed E-state index contributed by atoms with van der Waals surface area (Å²) in [5.74, 6) is -1.15. The first kappa shape index (κ1) is 14.1. The number of nitrogens with zero attached hydrogens (tertiary/aromatic N) is 1. The van der Waals surface area contributed by atoms with E-state index >= 15 is 0 Å². The van der Waals surface area contributed by atoms with E-state index in [0.29, 0.717) is 0 Å². The van der Waals surface area contributed by atoms with Crippen molar-refractivity contribution < 1.29 is 27.0 Å². The van der Waals surface area contributed by atoms with Crippen molar-refractivity contribution in [3.63, 3.8) is 0 Å². The summed E-state index contributed by atoms with van der Waals surface area (Å²) in [6.45, 7) is 0. The lowest BCUT2D eigenvalue weighted by atomic mass is 10.1. The molecule has 0 fully saturated rings. The summed E-state index contributed by atoms with van der Waals surface area (Å²) in [4.78, 5) is 3.76. The number of halogens is 4. The van der Waals surface area contributed by atoms with Crippen molar-refractivity contribution in [3.05, 3.63) is 42.3 Å². The average Bonchev–Trinajstić information content (AvgIpc) is 2.38. The van der Waals surface area contributed by atoms with Crippen LogP contribution in [0.2, 0.25) is 0 Å². The normalized spacial score (nSPS) is 11.2. The van der Waals surface area contributed by atoms with Gasteiger partial charge in [-0.15, -0.1) is 13.2 Å². The van der Waals surface area contributed by atoms with Gasteiger partial charge in [-0.25, -0.2) is 9.37 Å². The highest BCUT2D eigenvalue weighted by Gasteiger charge is 2.32. The minimum atomic E-state index is -4.86. The number of pyridine rings is 1. The number of benzene rings is 1.